The second-order valence-corrected chi connectivity index (χ2v) is 6.16. The number of para-hydroxylation sites is 2. The lowest BCUT2D eigenvalue weighted by Gasteiger charge is -2.10. The molecule has 0 spiro atoms. The molecule has 0 radical (unpaired) electrons. The maximum absolute atomic E-state index is 13.3. The molecule has 1 atom stereocenters. The van der Waals surface area contributed by atoms with Gasteiger partial charge in [-0.1, -0.05) is 12.1 Å². The van der Waals surface area contributed by atoms with E-state index in [9.17, 15) is 13.6 Å². The van der Waals surface area contributed by atoms with Crippen LogP contribution < -0.4 is 10.6 Å². The van der Waals surface area contributed by atoms with E-state index in [-0.39, 0.29) is 37.1 Å². The van der Waals surface area contributed by atoms with E-state index in [1.807, 2.05) is 0 Å². The van der Waals surface area contributed by atoms with Gasteiger partial charge in [-0.3, -0.25) is 9.36 Å². The van der Waals surface area contributed by atoms with Crippen LogP contribution in [-0.2, 0) is 11.2 Å². The standard InChI is InChI=1S/C17H22F2N4O.2ClH/c18-17(19)23-14-4-2-1-3-13(14)22-15(23)8-10-21-16(24)6-5-12-7-9-20-11-12;;/h1-4,12,17,20H,5-11H2,(H,21,24);2*1H. The van der Waals surface area contributed by atoms with Crippen molar-refractivity contribution >= 4 is 41.8 Å². The highest BCUT2D eigenvalue weighted by atomic mass is 35.5. The normalized spacial score (nSPS) is 16.3. The highest BCUT2D eigenvalue weighted by Crippen LogP contribution is 2.23. The highest BCUT2D eigenvalue weighted by molar-refractivity contribution is 5.85. The number of benzene rings is 1. The summed E-state index contributed by atoms with van der Waals surface area (Å²) in [6, 6.07) is 6.83. The molecule has 1 fully saturated rings. The van der Waals surface area contributed by atoms with Crippen LogP contribution in [0, 0.1) is 5.92 Å². The predicted molar refractivity (Wildman–Crippen MR) is 102 cm³/mol. The zero-order chi connectivity index (χ0) is 16.9. The van der Waals surface area contributed by atoms with Gasteiger partial charge in [0.25, 0.3) is 0 Å². The van der Waals surface area contributed by atoms with Gasteiger partial charge in [-0.25, -0.2) is 4.98 Å². The van der Waals surface area contributed by atoms with Crippen LogP contribution in [0.3, 0.4) is 0 Å². The number of nitrogens with one attached hydrogen (secondary N) is 2. The molecular weight excluding hydrogens is 385 g/mol. The third kappa shape index (κ3) is 5.53. The van der Waals surface area contributed by atoms with Gasteiger partial charge in [0, 0.05) is 19.4 Å². The molecule has 2 heterocycles. The number of fused-ring (bicyclic) bond motifs is 1. The van der Waals surface area contributed by atoms with E-state index in [1.165, 1.54) is 0 Å². The fourth-order valence-electron chi connectivity index (χ4n) is 3.19. The van der Waals surface area contributed by atoms with Crippen molar-refractivity contribution in [1.29, 1.82) is 0 Å². The molecule has 5 nitrogen and oxygen atoms in total. The molecule has 1 aromatic carbocycles. The lowest BCUT2D eigenvalue weighted by atomic mass is 10.0. The van der Waals surface area contributed by atoms with Crippen molar-refractivity contribution in [2.24, 2.45) is 5.92 Å². The average Bonchev–Trinajstić information content (AvgIpc) is 3.20. The van der Waals surface area contributed by atoms with Crippen LogP contribution in [0.15, 0.2) is 24.3 Å². The van der Waals surface area contributed by atoms with Gasteiger partial charge in [-0.15, -0.1) is 24.8 Å². The molecule has 1 aromatic heterocycles. The van der Waals surface area contributed by atoms with Gasteiger partial charge in [0.2, 0.25) is 5.91 Å². The van der Waals surface area contributed by atoms with E-state index in [2.05, 4.69) is 15.6 Å². The third-order valence-corrected chi connectivity index (χ3v) is 4.48. The Labute approximate surface area is 163 Å². The Morgan fingerprint density at radius 3 is 2.81 bits per heavy atom. The molecule has 0 bridgehead atoms. The molecule has 0 saturated carbocycles. The molecule has 2 aromatic rings. The van der Waals surface area contributed by atoms with Gasteiger partial charge >= 0.3 is 6.55 Å². The van der Waals surface area contributed by atoms with Gasteiger partial charge in [0.15, 0.2) is 0 Å². The molecule has 1 saturated heterocycles. The van der Waals surface area contributed by atoms with E-state index >= 15 is 0 Å². The molecule has 146 valence electrons. The Kier molecular flexibility index (Phi) is 9.25. The lowest BCUT2D eigenvalue weighted by molar-refractivity contribution is -0.121. The van der Waals surface area contributed by atoms with Crippen LogP contribution in [0.2, 0.25) is 0 Å². The quantitative estimate of drug-likeness (QED) is 0.738. The summed E-state index contributed by atoms with van der Waals surface area (Å²) in [6.45, 7) is -0.322. The fraction of sp³-hybridized carbons (Fsp3) is 0.529. The maximum Gasteiger partial charge on any atom is 0.320 e. The smallest absolute Gasteiger partial charge is 0.320 e. The van der Waals surface area contributed by atoms with E-state index in [1.54, 1.807) is 24.3 Å². The van der Waals surface area contributed by atoms with Crippen LogP contribution in [0.4, 0.5) is 8.78 Å². The van der Waals surface area contributed by atoms with Crippen molar-refractivity contribution in [3.05, 3.63) is 30.1 Å². The van der Waals surface area contributed by atoms with Crippen LogP contribution in [0.25, 0.3) is 11.0 Å². The van der Waals surface area contributed by atoms with Crippen LogP contribution in [-0.4, -0.2) is 35.1 Å². The molecule has 1 unspecified atom stereocenters. The number of carbonyl (C=O) groups is 1. The van der Waals surface area contributed by atoms with Gasteiger partial charge in [0.1, 0.15) is 5.82 Å². The van der Waals surface area contributed by atoms with E-state index < -0.39 is 6.55 Å². The minimum absolute atomic E-state index is 0. The SMILES string of the molecule is Cl.Cl.O=C(CCC1CCNC1)NCCc1nc2ccccc2n1C(F)F. The topological polar surface area (TPSA) is 59.0 Å². The summed E-state index contributed by atoms with van der Waals surface area (Å²) in [5.41, 5.74) is 0.968. The summed E-state index contributed by atoms with van der Waals surface area (Å²) in [5, 5.41) is 6.08. The first-order valence-electron chi connectivity index (χ1n) is 8.36. The Balaban J connectivity index is 0.00000169. The lowest BCUT2D eigenvalue weighted by Crippen LogP contribution is -2.27. The maximum atomic E-state index is 13.3. The average molecular weight is 409 g/mol. The number of halogens is 4. The number of amides is 1. The summed E-state index contributed by atoms with van der Waals surface area (Å²) in [5.74, 6) is 0.840. The number of imidazole rings is 1. The zero-order valence-corrected chi connectivity index (χ0v) is 15.9. The molecule has 3 rings (SSSR count). The van der Waals surface area contributed by atoms with E-state index in [4.69, 9.17) is 0 Å². The second-order valence-electron chi connectivity index (χ2n) is 6.16. The predicted octanol–water partition coefficient (Wildman–Crippen LogP) is 3.32. The number of hydrogen-bond acceptors (Lipinski definition) is 3. The molecule has 2 N–H and O–H groups in total. The van der Waals surface area contributed by atoms with Crippen molar-refractivity contribution in [3.8, 4) is 0 Å². The molecular formula is C17H24Cl2F2N4O. The number of aromatic nitrogens is 2. The number of carbonyl (C=O) groups excluding carboxylic acids is 1. The van der Waals surface area contributed by atoms with Gasteiger partial charge in [-0.2, -0.15) is 8.78 Å². The van der Waals surface area contributed by atoms with Crippen LogP contribution in [0.5, 0.6) is 0 Å². The largest absolute Gasteiger partial charge is 0.356 e. The van der Waals surface area contributed by atoms with Crippen molar-refractivity contribution in [2.45, 2.75) is 32.2 Å². The van der Waals surface area contributed by atoms with Crippen molar-refractivity contribution in [1.82, 2.24) is 20.2 Å². The number of hydrogen-bond donors (Lipinski definition) is 2. The Morgan fingerprint density at radius 1 is 1.35 bits per heavy atom. The summed E-state index contributed by atoms with van der Waals surface area (Å²) < 4.78 is 27.5. The second kappa shape index (κ2) is 10.6. The van der Waals surface area contributed by atoms with Gasteiger partial charge in [-0.05, 0) is 44.0 Å². The van der Waals surface area contributed by atoms with Crippen molar-refractivity contribution < 1.29 is 13.6 Å². The molecule has 1 amide bonds. The summed E-state index contributed by atoms with van der Waals surface area (Å²) in [6.07, 6.45) is 2.76. The first-order chi connectivity index (χ1) is 11.6. The number of rotatable bonds is 7. The van der Waals surface area contributed by atoms with Crippen LogP contribution >= 0.6 is 24.8 Å². The van der Waals surface area contributed by atoms with Gasteiger partial charge < -0.3 is 10.6 Å². The van der Waals surface area contributed by atoms with Gasteiger partial charge in [0.05, 0.1) is 11.0 Å². The van der Waals surface area contributed by atoms with E-state index in [0.29, 0.717) is 35.7 Å². The zero-order valence-electron chi connectivity index (χ0n) is 14.3. The molecule has 1 aliphatic heterocycles. The van der Waals surface area contributed by atoms with E-state index in [0.717, 1.165) is 30.5 Å². The number of nitrogens with zero attached hydrogens (tertiary/aromatic N) is 2. The third-order valence-electron chi connectivity index (χ3n) is 4.48. The van der Waals surface area contributed by atoms with Crippen molar-refractivity contribution in [2.75, 3.05) is 19.6 Å². The Hall–Kier alpha value is -1.44. The van der Waals surface area contributed by atoms with Crippen molar-refractivity contribution in [3.63, 3.8) is 0 Å². The molecule has 1 aliphatic rings. The Bertz CT molecular complexity index is 705. The first kappa shape index (κ1) is 22.6. The Morgan fingerprint density at radius 2 is 2.12 bits per heavy atom. The molecule has 26 heavy (non-hydrogen) atoms. The highest BCUT2D eigenvalue weighted by Gasteiger charge is 2.18. The monoisotopic (exact) mass is 408 g/mol. The number of alkyl halides is 2. The summed E-state index contributed by atoms with van der Waals surface area (Å²) in [7, 11) is 0. The molecule has 9 heteroatoms. The minimum atomic E-state index is -2.64. The summed E-state index contributed by atoms with van der Waals surface area (Å²) >= 11 is 0. The minimum Gasteiger partial charge on any atom is -0.356 e. The fourth-order valence-corrected chi connectivity index (χ4v) is 3.19. The van der Waals surface area contributed by atoms with Crippen LogP contribution in [0.1, 0.15) is 31.6 Å². The summed E-state index contributed by atoms with van der Waals surface area (Å²) in [4.78, 5) is 16.1. The molecule has 0 aliphatic carbocycles. The first-order valence-corrected chi connectivity index (χ1v) is 8.36.